The van der Waals surface area contributed by atoms with Crippen LogP contribution in [-0.4, -0.2) is 13.1 Å². The van der Waals surface area contributed by atoms with Gasteiger partial charge in [0.05, 0.1) is 0 Å². The molecule has 0 saturated heterocycles. The number of rotatable bonds is 1. The van der Waals surface area contributed by atoms with Gasteiger partial charge in [0.15, 0.2) is 0 Å². The fourth-order valence-electron chi connectivity index (χ4n) is 1.97. The second-order valence-corrected chi connectivity index (χ2v) is 4.61. The Morgan fingerprint density at radius 1 is 1.58 bits per heavy atom. The quantitative estimate of drug-likeness (QED) is 0.700. The van der Waals surface area contributed by atoms with Gasteiger partial charge in [0.2, 0.25) is 0 Å². The Morgan fingerprint density at radius 2 is 2.42 bits per heavy atom. The van der Waals surface area contributed by atoms with Crippen LogP contribution >= 0.6 is 11.3 Å². The number of likely N-dealkylation sites (N-methyl/N-ethyl adjacent to an activating group) is 1. The molecule has 1 aliphatic carbocycles. The molecule has 0 saturated carbocycles. The zero-order chi connectivity index (χ0) is 8.55. The van der Waals surface area contributed by atoms with E-state index in [1.54, 1.807) is 11.1 Å². The maximum atomic E-state index is 3.36. The summed E-state index contributed by atoms with van der Waals surface area (Å²) in [7, 11) is 2.06. The molecule has 1 N–H and O–H groups in total. The van der Waals surface area contributed by atoms with E-state index >= 15 is 0 Å². The molecule has 12 heavy (non-hydrogen) atoms. The molecule has 2 rings (SSSR count). The van der Waals surface area contributed by atoms with Crippen LogP contribution in [-0.2, 0) is 12.8 Å². The minimum absolute atomic E-state index is 0.714. The maximum absolute atomic E-state index is 3.36. The number of nitrogens with one attached hydrogen (secondary N) is 1. The summed E-state index contributed by atoms with van der Waals surface area (Å²) in [5.41, 5.74) is 3.22. The van der Waals surface area contributed by atoms with E-state index in [4.69, 9.17) is 0 Å². The first kappa shape index (κ1) is 8.27. The Labute approximate surface area is 77.8 Å². The van der Waals surface area contributed by atoms with Crippen LogP contribution in [0.5, 0.6) is 0 Å². The van der Waals surface area contributed by atoms with E-state index in [1.165, 1.54) is 24.1 Å². The van der Waals surface area contributed by atoms with Gasteiger partial charge in [-0.05, 0) is 49.7 Å². The van der Waals surface area contributed by atoms with E-state index in [9.17, 15) is 0 Å². The van der Waals surface area contributed by atoms with Crippen molar-refractivity contribution >= 4 is 11.3 Å². The summed E-state index contributed by atoms with van der Waals surface area (Å²) < 4.78 is 0. The van der Waals surface area contributed by atoms with E-state index in [0.717, 1.165) is 0 Å². The second-order valence-electron chi connectivity index (χ2n) is 3.52. The molecule has 1 aromatic rings. The predicted molar refractivity (Wildman–Crippen MR) is 53.9 cm³/mol. The van der Waals surface area contributed by atoms with Crippen molar-refractivity contribution in [1.29, 1.82) is 0 Å². The molecule has 0 aromatic carbocycles. The smallest absolute Gasteiger partial charge is 0.0108 e. The standard InChI is InChI=1S/C10H15NS/c1-7-10-4-3-9(11-2)5-8(10)6-12-7/h6,9,11H,3-5H2,1-2H3. The third kappa shape index (κ3) is 1.29. The minimum atomic E-state index is 0.714. The molecule has 0 spiro atoms. The molecule has 1 atom stereocenters. The summed E-state index contributed by atoms with van der Waals surface area (Å²) in [4.78, 5) is 1.53. The summed E-state index contributed by atoms with van der Waals surface area (Å²) in [6.45, 7) is 2.24. The van der Waals surface area contributed by atoms with Crippen molar-refractivity contribution in [2.45, 2.75) is 32.2 Å². The van der Waals surface area contributed by atoms with Gasteiger partial charge in [0, 0.05) is 10.9 Å². The van der Waals surface area contributed by atoms with Gasteiger partial charge in [-0.15, -0.1) is 11.3 Å². The van der Waals surface area contributed by atoms with Gasteiger partial charge in [-0.25, -0.2) is 0 Å². The van der Waals surface area contributed by atoms with E-state index in [2.05, 4.69) is 24.7 Å². The third-order valence-corrected chi connectivity index (χ3v) is 3.81. The highest BCUT2D eigenvalue weighted by Gasteiger charge is 2.19. The first-order valence-electron chi connectivity index (χ1n) is 4.54. The average Bonchev–Trinajstić information content (AvgIpc) is 2.47. The molecule has 0 fully saturated rings. The lowest BCUT2D eigenvalue weighted by Gasteiger charge is -2.22. The van der Waals surface area contributed by atoms with Crippen LogP contribution < -0.4 is 5.32 Å². The number of fused-ring (bicyclic) bond motifs is 1. The fraction of sp³-hybridized carbons (Fsp3) is 0.600. The molecule has 1 nitrogen and oxygen atoms in total. The summed E-state index contributed by atoms with van der Waals surface area (Å²) >= 11 is 1.90. The third-order valence-electron chi connectivity index (χ3n) is 2.81. The van der Waals surface area contributed by atoms with Crippen LogP contribution in [0.1, 0.15) is 22.4 Å². The highest BCUT2D eigenvalue weighted by molar-refractivity contribution is 7.10. The van der Waals surface area contributed by atoms with Gasteiger partial charge >= 0.3 is 0 Å². The Kier molecular flexibility index (Phi) is 2.20. The largest absolute Gasteiger partial charge is 0.317 e. The monoisotopic (exact) mass is 181 g/mol. The Bertz CT molecular complexity index is 277. The number of aryl methyl sites for hydroxylation is 1. The molecule has 1 unspecified atom stereocenters. The molecule has 1 heterocycles. The van der Waals surface area contributed by atoms with Gasteiger partial charge in [-0.3, -0.25) is 0 Å². The molecule has 0 aliphatic heterocycles. The van der Waals surface area contributed by atoms with E-state index in [1.807, 2.05) is 11.3 Å². The van der Waals surface area contributed by atoms with Gasteiger partial charge in [-0.1, -0.05) is 0 Å². The molecule has 0 radical (unpaired) electrons. The highest BCUT2D eigenvalue weighted by Crippen LogP contribution is 2.28. The molecular formula is C10H15NS. The van der Waals surface area contributed by atoms with Crippen LogP contribution in [0.15, 0.2) is 5.38 Å². The molecule has 1 aromatic heterocycles. The molecule has 66 valence electrons. The summed E-state index contributed by atoms with van der Waals surface area (Å²) in [5, 5.41) is 5.69. The Hall–Kier alpha value is -0.340. The van der Waals surface area contributed by atoms with Crippen LogP contribution in [0.4, 0.5) is 0 Å². The van der Waals surface area contributed by atoms with Crippen molar-refractivity contribution in [3.05, 3.63) is 21.4 Å². The van der Waals surface area contributed by atoms with Crippen molar-refractivity contribution in [2.75, 3.05) is 7.05 Å². The lowest BCUT2D eigenvalue weighted by molar-refractivity contribution is 0.497. The second kappa shape index (κ2) is 3.19. The van der Waals surface area contributed by atoms with Gasteiger partial charge in [-0.2, -0.15) is 0 Å². The lowest BCUT2D eigenvalue weighted by atomic mass is 9.90. The zero-order valence-electron chi connectivity index (χ0n) is 7.68. The van der Waals surface area contributed by atoms with Crippen molar-refractivity contribution in [1.82, 2.24) is 5.32 Å². The fourth-order valence-corrected chi connectivity index (χ4v) is 2.90. The first-order chi connectivity index (χ1) is 5.81. The summed E-state index contributed by atoms with van der Waals surface area (Å²) in [5.74, 6) is 0. The molecule has 2 heteroatoms. The van der Waals surface area contributed by atoms with Crippen molar-refractivity contribution in [3.8, 4) is 0 Å². The van der Waals surface area contributed by atoms with Crippen molar-refractivity contribution in [3.63, 3.8) is 0 Å². The lowest BCUT2D eigenvalue weighted by Crippen LogP contribution is -2.31. The minimum Gasteiger partial charge on any atom is -0.317 e. The van der Waals surface area contributed by atoms with E-state index < -0.39 is 0 Å². The van der Waals surface area contributed by atoms with Crippen LogP contribution in [0, 0.1) is 6.92 Å². The molecule has 0 amide bonds. The zero-order valence-corrected chi connectivity index (χ0v) is 8.50. The number of thiophene rings is 1. The van der Waals surface area contributed by atoms with Crippen LogP contribution in [0.3, 0.4) is 0 Å². The maximum Gasteiger partial charge on any atom is 0.0108 e. The first-order valence-corrected chi connectivity index (χ1v) is 5.42. The van der Waals surface area contributed by atoms with E-state index in [-0.39, 0.29) is 0 Å². The molecule has 1 aliphatic rings. The van der Waals surface area contributed by atoms with Gasteiger partial charge in [0.25, 0.3) is 0 Å². The van der Waals surface area contributed by atoms with Crippen molar-refractivity contribution < 1.29 is 0 Å². The Morgan fingerprint density at radius 3 is 3.17 bits per heavy atom. The SMILES string of the molecule is CNC1CCc2c(csc2C)C1. The number of hydrogen-bond donors (Lipinski definition) is 1. The average molecular weight is 181 g/mol. The van der Waals surface area contributed by atoms with E-state index in [0.29, 0.717) is 6.04 Å². The molecule has 0 bridgehead atoms. The normalized spacial score (nSPS) is 22.3. The highest BCUT2D eigenvalue weighted by atomic mass is 32.1. The summed E-state index contributed by atoms with van der Waals surface area (Å²) in [6.07, 6.45) is 3.81. The summed E-state index contributed by atoms with van der Waals surface area (Å²) in [6, 6.07) is 0.714. The number of hydrogen-bond acceptors (Lipinski definition) is 2. The molecular weight excluding hydrogens is 166 g/mol. The predicted octanol–water partition coefficient (Wildman–Crippen LogP) is 2.13. The van der Waals surface area contributed by atoms with Gasteiger partial charge < -0.3 is 5.32 Å². The van der Waals surface area contributed by atoms with Crippen LogP contribution in [0.2, 0.25) is 0 Å². The topological polar surface area (TPSA) is 12.0 Å². The van der Waals surface area contributed by atoms with Gasteiger partial charge in [0.1, 0.15) is 0 Å². The van der Waals surface area contributed by atoms with Crippen LogP contribution in [0.25, 0.3) is 0 Å². The van der Waals surface area contributed by atoms with Crippen molar-refractivity contribution in [2.24, 2.45) is 0 Å². The Balaban J connectivity index is 2.24.